The van der Waals surface area contributed by atoms with Crippen molar-refractivity contribution in [1.82, 2.24) is 10.6 Å². The van der Waals surface area contributed by atoms with Crippen molar-refractivity contribution >= 4 is 24.0 Å². The molecule has 0 bridgehead atoms. The van der Waals surface area contributed by atoms with Gasteiger partial charge in [-0.1, -0.05) is 0 Å². The molecule has 0 spiro atoms. The summed E-state index contributed by atoms with van der Waals surface area (Å²) in [5, 5.41) is 4.53. The number of benzene rings is 1. The second-order valence-electron chi connectivity index (χ2n) is 5.23. The van der Waals surface area contributed by atoms with Gasteiger partial charge in [-0.15, -0.1) is 0 Å². The fraction of sp³-hybridized carbons (Fsp3) is 0.353. The molecule has 0 aliphatic heterocycles. The maximum absolute atomic E-state index is 11.7. The molecule has 0 aromatic heterocycles. The lowest BCUT2D eigenvalue weighted by Crippen LogP contribution is -2.43. The molecule has 1 aromatic carbocycles. The number of rotatable bonds is 7. The lowest BCUT2D eigenvalue weighted by Gasteiger charge is -2.09. The number of amides is 3. The van der Waals surface area contributed by atoms with Gasteiger partial charge in [0.25, 0.3) is 5.91 Å². The van der Waals surface area contributed by atoms with Crippen LogP contribution in [0.5, 0.6) is 11.5 Å². The molecule has 0 aliphatic carbocycles. The number of hydrogen-bond donors (Lipinski definition) is 2. The van der Waals surface area contributed by atoms with Crippen molar-refractivity contribution in [2.75, 3.05) is 20.8 Å². The van der Waals surface area contributed by atoms with Gasteiger partial charge in [0.2, 0.25) is 0 Å². The molecule has 2 N–H and O–H groups in total. The van der Waals surface area contributed by atoms with Gasteiger partial charge in [-0.25, -0.2) is 9.59 Å². The zero-order valence-corrected chi connectivity index (χ0v) is 14.6. The Morgan fingerprint density at radius 2 is 1.88 bits per heavy atom. The highest BCUT2D eigenvalue weighted by Gasteiger charge is 2.10. The average molecular weight is 350 g/mol. The van der Waals surface area contributed by atoms with Crippen LogP contribution in [0.4, 0.5) is 4.79 Å². The van der Waals surface area contributed by atoms with Crippen molar-refractivity contribution in [2.24, 2.45) is 0 Å². The van der Waals surface area contributed by atoms with Gasteiger partial charge >= 0.3 is 12.0 Å². The van der Waals surface area contributed by atoms with Gasteiger partial charge in [-0.05, 0) is 32.1 Å². The van der Waals surface area contributed by atoms with Crippen molar-refractivity contribution in [3.05, 3.63) is 29.8 Å². The Morgan fingerprint density at radius 1 is 1.16 bits per heavy atom. The molecule has 136 valence electrons. The second-order valence-corrected chi connectivity index (χ2v) is 5.23. The molecule has 8 nitrogen and oxygen atoms in total. The lowest BCUT2D eigenvalue weighted by molar-refractivity contribution is -0.143. The first-order valence-electron chi connectivity index (χ1n) is 7.53. The summed E-state index contributed by atoms with van der Waals surface area (Å²) >= 11 is 0. The zero-order valence-electron chi connectivity index (χ0n) is 14.6. The predicted molar refractivity (Wildman–Crippen MR) is 91.3 cm³/mol. The van der Waals surface area contributed by atoms with Crippen molar-refractivity contribution in [3.8, 4) is 11.5 Å². The van der Waals surface area contributed by atoms with Gasteiger partial charge in [0.15, 0.2) is 6.61 Å². The molecule has 0 saturated heterocycles. The Morgan fingerprint density at radius 3 is 2.48 bits per heavy atom. The van der Waals surface area contributed by atoms with E-state index in [1.165, 1.54) is 20.3 Å². The Balaban J connectivity index is 2.52. The van der Waals surface area contributed by atoms with Gasteiger partial charge < -0.3 is 19.5 Å². The molecule has 0 atom stereocenters. The SMILES string of the molecule is COc1ccc(/C=C/C(=O)OCC(=O)NC(=O)NC(C)C)c(OC)c1. The monoisotopic (exact) mass is 350 g/mol. The summed E-state index contributed by atoms with van der Waals surface area (Å²) in [6.07, 6.45) is 2.65. The van der Waals surface area contributed by atoms with Crippen molar-refractivity contribution in [3.63, 3.8) is 0 Å². The molecule has 8 heteroatoms. The van der Waals surface area contributed by atoms with Crippen LogP contribution in [0.1, 0.15) is 19.4 Å². The number of methoxy groups -OCH3 is 2. The number of carbonyl (C=O) groups excluding carboxylic acids is 3. The molecular weight excluding hydrogens is 328 g/mol. The molecule has 3 amide bonds. The smallest absolute Gasteiger partial charge is 0.331 e. The summed E-state index contributed by atoms with van der Waals surface area (Å²) in [5.74, 6) is -0.307. The Labute approximate surface area is 146 Å². The average Bonchev–Trinajstić information content (AvgIpc) is 2.57. The van der Waals surface area contributed by atoms with Gasteiger partial charge in [-0.3, -0.25) is 10.1 Å². The van der Waals surface area contributed by atoms with E-state index in [2.05, 4.69) is 5.32 Å². The van der Waals surface area contributed by atoms with E-state index in [1.807, 2.05) is 5.32 Å². The molecule has 0 saturated carbocycles. The molecule has 0 fully saturated rings. The van der Waals surface area contributed by atoms with E-state index < -0.39 is 24.5 Å². The summed E-state index contributed by atoms with van der Waals surface area (Å²) in [6, 6.07) is 4.34. The largest absolute Gasteiger partial charge is 0.497 e. The van der Waals surface area contributed by atoms with Gasteiger partial charge in [0.1, 0.15) is 11.5 Å². The quantitative estimate of drug-likeness (QED) is 0.570. The highest BCUT2D eigenvalue weighted by atomic mass is 16.5. The fourth-order valence-corrected chi connectivity index (χ4v) is 1.76. The second kappa shape index (κ2) is 9.96. The van der Waals surface area contributed by atoms with Crippen LogP contribution in [0.25, 0.3) is 6.08 Å². The first-order valence-corrected chi connectivity index (χ1v) is 7.53. The maximum atomic E-state index is 11.7. The molecule has 0 radical (unpaired) electrons. The molecule has 0 aliphatic rings. The van der Waals surface area contributed by atoms with E-state index in [4.69, 9.17) is 14.2 Å². The van der Waals surface area contributed by atoms with Gasteiger partial charge in [0.05, 0.1) is 14.2 Å². The molecule has 1 aromatic rings. The Hall–Kier alpha value is -3.03. The summed E-state index contributed by atoms with van der Waals surface area (Å²) in [6.45, 7) is 2.94. The van der Waals surface area contributed by atoms with Crippen LogP contribution in [-0.2, 0) is 14.3 Å². The number of hydrogen-bond acceptors (Lipinski definition) is 6. The third kappa shape index (κ3) is 7.38. The minimum absolute atomic E-state index is 0.113. The van der Waals surface area contributed by atoms with E-state index in [1.54, 1.807) is 32.0 Å². The van der Waals surface area contributed by atoms with Crippen LogP contribution >= 0.6 is 0 Å². The molecular formula is C17H22N2O6. The number of urea groups is 1. The fourth-order valence-electron chi connectivity index (χ4n) is 1.76. The van der Waals surface area contributed by atoms with Crippen LogP contribution in [0.2, 0.25) is 0 Å². The van der Waals surface area contributed by atoms with Crippen LogP contribution < -0.4 is 20.1 Å². The summed E-state index contributed by atoms with van der Waals surface area (Å²) < 4.78 is 15.1. The minimum Gasteiger partial charge on any atom is -0.497 e. The van der Waals surface area contributed by atoms with E-state index >= 15 is 0 Å². The predicted octanol–water partition coefficient (Wildman–Crippen LogP) is 1.49. The number of nitrogens with one attached hydrogen (secondary N) is 2. The number of carbonyl (C=O) groups is 3. The van der Waals surface area contributed by atoms with E-state index in [9.17, 15) is 14.4 Å². The standard InChI is InChI=1S/C17H22N2O6/c1-11(2)18-17(22)19-15(20)10-25-16(21)8-6-12-5-7-13(23-3)9-14(12)24-4/h5-9,11H,10H2,1-4H3,(H2,18,19,20,22)/b8-6+. The first kappa shape index (κ1) is 20.0. The molecule has 1 rings (SSSR count). The summed E-state index contributed by atoms with van der Waals surface area (Å²) in [7, 11) is 3.03. The number of esters is 1. The highest BCUT2D eigenvalue weighted by Crippen LogP contribution is 2.25. The van der Waals surface area contributed by atoms with Crippen molar-refractivity contribution in [2.45, 2.75) is 19.9 Å². The minimum atomic E-state index is -0.725. The Kier molecular flexibility index (Phi) is 7.98. The topological polar surface area (TPSA) is 103 Å². The molecule has 0 heterocycles. The van der Waals surface area contributed by atoms with Crippen molar-refractivity contribution < 1.29 is 28.6 Å². The maximum Gasteiger partial charge on any atom is 0.331 e. The van der Waals surface area contributed by atoms with Gasteiger partial charge in [-0.2, -0.15) is 0 Å². The van der Waals surface area contributed by atoms with Crippen molar-refractivity contribution in [1.29, 1.82) is 0 Å². The van der Waals surface area contributed by atoms with Crippen LogP contribution in [0, 0.1) is 0 Å². The first-order chi connectivity index (χ1) is 11.8. The van der Waals surface area contributed by atoms with E-state index in [0.717, 1.165) is 6.08 Å². The zero-order chi connectivity index (χ0) is 18.8. The molecule has 0 unspecified atom stereocenters. The van der Waals surface area contributed by atoms with E-state index in [0.29, 0.717) is 17.1 Å². The van der Waals surface area contributed by atoms with Crippen LogP contribution in [0.3, 0.4) is 0 Å². The lowest BCUT2D eigenvalue weighted by atomic mass is 10.2. The summed E-state index contributed by atoms with van der Waals surface area (Å²) in [4.78, 5) is 34.4. The van der Waals surface area contributed by atoms with E-state index in [-0.39, 0.29) is 6.04 Å². The third-order valence-corrected chi connectivity index (χ3v) is 2.86. The number of ether oxygens (including phenoxy) is 3. The van der Waals surface area contributed by atoms with Gasteiger partial charge in [0, 0.05) is 23.7 Å². The van der Waals surface area contributed by atoms with Crippen LogP contribution in [-0.4, -0.2) is 44.8 Å². The number of imide groups is 1. The normalized spacial score (nSPS) is 10.4. The third-order valence-electron chi connectivity index (χ3n) is 2.86. The highest BCUT2D eigenvalue weighted by molar-refractivity contribution is 5.96. The summed E-state index contributed by atoms with van der Waals surface area (Å²) in [5.41, 5.74) is 0.640. The molecule has 25 heavy (non-hydrogen) atoms. The Bertz CT molecular complexity index is 655. The van der Waals surface area contributed by atoms with Crippen LogP contribution in [0.15, 0.2) is 24.3 Å².